The Morgan fingerprint density at radius 1 is 1.41 bits per heavy atom. The van der Waals surface area contributed by atoms with Gasteiger partial charge in [-0.1, -0.05) is 25.4 Å². The van der Waals surface area contributed by atoms with E-state index in [1.165, 1.54) is 0 Å². The quantitative estimate of drug-likeness (QED) is 0.852. The Morgan fingerprint density at radius 2 is 2.06 bits per heavy atom. The highest BCUT2D eigenvalue weighted by Crippen LogP contribution is 2.31. The molecule has 0 heterocycles. The normalized spacial score (nSPS) is 11.4. The summed E-state index contributed by atoms with van der Waals surface area (Å²) in [6.45, 7) is 6.82. The molecule has 96 valence electrons. The molecule has 0 aromatic heterocycles. The monoisotopic (exact) mass is 257 g/mol. The van der Waals surface area contributed by atoms with E-state index in [-0.39, 0.29) is 12.0 Å². The predicted octanol–water partition coefficient (Wildman–Crippen LogP) is 3.09. The maximum absolute atomic E-state index is 9.19. The fourth-order valence-corrected chi connectivity index (χ4v) is 1.63. The summed E-state index contributed by atoms with van der Waals surface area (Å²) in [7, 11) is 1.60. The molecule has 0 aliphatic rings. The molecule has 1 rings (SSSR count). The zero-order chi connectivity index (χ0) is 13.1. The third-order valence-corrected chi connectivity index (χ3v) is 2.98. The molecule has 17 heavy (non-hydrogen) atoms. The van der Waals surface area contributed by atoms with Crippen molar-refractivity contribution >= 4 is 17.3 Å². The molecule has 0 atom stereocenters. The fraction of sp³-hybridized carbons (Fsp3) is 0.538. The van der Waals surface area contributed by atoms with E-state index in [9.17, 15) is 5.11 Å². The van der Waals surface area contributed by atoms with Crippen molar-refractivity contribution in [3.63, 3.8) is 0 Å². The second-order valence-corrected chi connectivity index (χ2v) is 5.38. The van der Waals surface area contributed by atoms with Crippen molar-refractivity contribution in [3.8, 4) is 5.75 Å². The van der Waals surface area contributed by atoms with E-state index >= 15 is 0 Å². The van der Waals surface area contributed by atoms with Crippen LogP contribution in [0.1, 0.15) is 19.4 Å². The van der Waals surface area contributed by atoms with Gasteiger partial charge in [-0.05, 0) is 24.6 Å². The lowest BCUT2D eigenvalue weighted by Crippen LogP contribution is -2.27. The Balaban J connectivity index is 2.82. The van der Waals surface area contributed by atoms with Crippen LogP contribution in [0, 0.1) is 12.3 Å². The molecule has 4 heteroatoms. The van der Waals surface area contributed by atoms with Crippen molar-refractivity contribution in [2.75, 3.05) is 25.6 Å². The molecule has 0 bridgehead atoms. The molecule has 0 aliphatic carbocycles. The van der Waals surface area contributed by atoms with E-state index in [1.54, 1.807) is 7.11 Å². The largest absolute Gasteiger partial charge is 0.495 e. The first-order valence-corrected chi connectivity index (χ1v) is 5.96. The van der Waals surface area contributed by atoms with Gasteiger partial charge in [0.25, 0.3) is 0 Å². The number of rotatable bonds is 5. The van der Waals surface area contributed by atoms with Crippen LogP contribution in [-0.2, 0) is 0 Å². The predicted molar refractivity (Wildman–Crippen MR) is 72.1 cm³/mol. The Kier molecular flexibility index (Phi) is 4.66. The molecular formula is C13H20ClNO2. The number of halogens is 1. The van der Waals surface area contributed by atoms with E-state index in [4.69, 9.17) is 16.3 Å². The number of benzene rings is 1. The molecule has 0 spiro atoms. The number of anilines is 1. The van der Waals surface area contributed by atoms with Gasteiger partial charge < -0.3 is 15.2 Å². The Hall–Kier alpha value is -0.930. The van der Waals surface area contributed by atoms with Crippen LogP contribution in [0.15, 0.2) is 12.1 Å². The number of ether oxygens (including phenoxy) is 1. The number of aliphatic hydroxyl groups excluding tert-OH is 1. The summed E-state index contributed by atoms with van der Waals surface area (Å²) in [4.78, 5) is 0. The van der Waals surface area contributed by atoms with Gasteiger partial charge in [0.15, 0.2) is 0 Å². The molecular weight excluding hydrogens is 238 g/mol. The van der Waals surface area contributed by atoms with Crippen LogP contribution in [0.3, 0.4) is 0 Å². The molecule has 0 saturated heterocycles. The van der Waals surface area contributed by atoms with Gasteiger partial charge in [-0.15, -0.1) is 0 Å². The van der Waals surface area contributed by atoms with E-state index < -0.39 is 0 Å². The van der Waals surface area contributed by atoms with Gasteiger partial charge in [0.1, 0.15) is 5.75 Å². The molecule has 0 saturated carbocycles. The molecule has 0 fully saturated rings. The number of hydrogen-bond donors (Lipinski definition) is 2. The fourth-order valence-electron chi connectivity index (χ4n) is 1.39. The van der Waals surface area contributed by atoms with Crippen molar-refractivity contribution in [1.82, 2.24) is 0 Å². The van der Waals surface area contributed by atoms with Crippen LogP contribution >= 0.6 is 11.6 Å². The van der Waals surface area contributed by atoms with Crippen molar-refractivity contribution in [3.05, 3.63) is 22.7 Å². The van der Waals surface area contributed by atoms with Gasteiger partial charge in [-0.25, -0.2) is 0 Å². The highest BCUT2D eigenvalue weighted by Gasteiger charge is 2.16. The van der Waals surface area contributed by atoms with Gasteiger partial charge in [0, 0.05) is 24.3 Å². The highest BCUT2D eigenvalue weighted by atomic mass is 35.5. The van der Waals surface area contributed by atoms with Crippen molar-refractivity contribution < 1.29 is 9.84 Å². The van der Waals surface area contributed by atoms with Crippen LogP contribution in [0.5, 0.6) is 5.75 Å². The van der Waals surface area contributed by atoms with Crippen molar-refractivity contribution in [2.45, 2.75) is 20.8 Å². The first kappa shape index (κ1) is 14.1. The molecule has 2 N–H and O–H groups in total. The van der Waals surface area contributed by atoms with Gasteiger partial charge in [-0.2, -0.15) is 0 Å². The first-order valence-electron chi connectivity index (χ1n) is 5.58. The molecule has 0 radical (unpaired) electrons. The summed E-state index contributed by atoms with van der Waals surface area (Å²) >= 11 is 6.07. The summed E-state index contributed by atoms with van der Waals surface area (Å²) in [5, 5.41) is 13.1. The summed E-state index contributed by atoms with van der Waals surface area (Å²) in [6.07, 6.45) is 0. The topological polar surface area (TPSA) is 41.5 Å². The van der Waals surface area contributed by atoms with Crippen LogP contribution in [0.2, 0.25) is 5.02 Å². The molecule has 3 nitrogen and oxygen atoms in total. The second kappa shape index (κ2) is 5.61. The molecule has 1 aromatic rings. The Labute approximate surface area is 108 Å². The van der Waals surface area contributed by atoms with Crippen LogP contribution in [0.25, 0.3) is 0 Å². The minimum absolute atomic E-state index is 0.142. The summed E-state index contributed by atoms with van der Waals surface area (Å²) in [6, 6.07) is 3.75. The van der Waals surface area contributed by atoms with E-state index in [0.29, 0.717) is 17.3 Å². The second-order valence-electron chi connectivity index (χ2n) is 4.98. The van der Waals surface area contributed by atoms with E-state index in [1.807, 2.05) is 32.9 Å². The highest BCUT2D eigenvalue weighted by molar-refractivity contribution is 6.32. The zero-order valence-corrected chi connectivity index (χ0v) is 11.6. The minimum Gasteiger partial charge on any atom is -0.495 e. The van der Waals surface area contributed by atoms with Gasteiger partial charge in [0.2, 0.25) is 0 Å². The van der Waals surface area contributed by atoms with E-state index in [0.717, 1.165) is 11.3 Å². The Bertz CT molecular complexity index is 391. The minimum atomic E-state index is -0.154. The summed E-state index contributed by atoms with van der Waals surface area (Å²) < 4.78 is 5.15. The maximum Gasteiger partial charge on any atom is 0.137 e. The lowest BCUT2D eigenvalue weighted by atomic mass is 9.95. The van der Waals surface area contributed by atoms with Gasteiger partial charge >= 0.3 is 0 Å². The number of aliphatic hydroxyl groups is 1. The number of methoxy groups -OCH3 is 1. The number of nitrogens with one attached hydrogen (secondary N) is 1. The van der Waals surface area contributed by atoms with Crippen molar-refractivity contribution in [2.24, 2.45) is 5.41 Å². The standard InChI is InChI=1S/C13H20ClNO2/c1-9-5-12(17-4)10(14)6-11(9)15-7-13(2,3)8-16/h5-6,15-16H,7-8H2,1-4H3. The van der Waals surface area contributed by atoms with Crippen LogP contribution < -0.4 is 10.1 Å². The lowest BCUT2D eigenvalue weighted by Gasteiger charge is -2.23. The van der Waals surface area contributed by atoms with E-state index in [2.05, 4.69) is 5.32 Å². The maximum atomic E-state index is 9.19. The van der Waals surface area contributed by atoms with Crippen molar-refractivity contribution in [1.29, 1.82) is 0 Å². The lowest BCUT2D eigenvalue weighted by molar-refractivity contribution is 0.171. The van der Waals surface area contributed by atoms with Gasteiger partial charge in [0.05, 0.1) is 12.1 Å². The first-order chi connectivity index (χ1) is 7.89. The van der Waals surface area contributed by atoms with Gasteiger partial charge in [-0.3, -0.25) is 0 Å². The molecule has 0 amide bonds. The summed E-state index contributed by atoms with van der Waals surface area (Å²) in [5.74, 6) is 0.677. The zero-order valence-electron chi connectivity index (χ0n) is 10.8. The number of hydrogen-bond acceptors (Lipinski definition) is 3. The smallest absolute Gasteiger partial charge is 0.137 e. The molecule has 1 aromatic carbocycles. The third-order valence-electron chi connectivity index (χ3n) is 2.68. The average Bonchev–Trinajstić information content (AvgIpc) is 2.29. The molecule has 0 unspecified atom stereocenters. The van der Waals surface area contributed by atoms with Crippen LogP contribution in [-0.4, -0.2) is 25.4 Å². The average molecular weight is 258 g/mol. The Morgan fingerprint density at radius 3 is 2.59 bits per heavy atom. The third kappa shape index (κ3) is 3.79. The number of aryl methyl sites for hydroxylation is 1. The van der Waals surface area contributed by atoms with Crippen LogP contribution in [0.4, 0.5) is 5.69 Å². The summed E-state index contributed by atoms with van der Waals surface area (Å²) in [5.41, 5.74) is 1.89. The SMILES string of the molecule is COc1cc(C)c(NCC(C)(C)CO)cc1Cl. The molecule has 0 aliphatic heterocycles.